The average molecular weight is 382 g/mol. The fraction of sp³-hybridized carbons (Fsp3) is 0.250. The minimum atomic E-state index is -0.459. The number of nitrogens with one attached hydrogen (secondary N) is 1. The summed E-state index contributed by atoms with van der Waals surface area (Å²) in [5.74, 6) is -0.821. The summed E-state index contributed by atoms with van der Waals surface area (Å²) in [4.78, 5) is 25.4. The van der Waals surface area contributed by atoms with Crippen LogP contribution in [0.25, 0.3) is 0 Å². The van der Waals surface area contributed by atoms with Gasteiger partial charge in [0.2, 0.25) is 0 Å². The number of carbonyl (C=O) groups is 2. The van der Waals surface area contributed by atoms with Crippen molar-refractivity contribution < 1.29 is 14.3 Å². The molecular formula is C16H16BrNO3S. The minimum absolute atomic E-state index is 0.298. The molecule has 1 amide bonds. The van der Waals surface area contributed by atoms with Crippen LogP contribution < -0.4 is 5.32 Å². The standard InChI is InChI=1S/C16H16BrNO3S/c1-3-13-10(2)8-14(22-13)16(20)21-9-15(19)18-12-6-4-11(17)5-7-12/h4-8H,3,9H2,1-2H3,(H,18,19). The van der Waals surface area contributed by atoms with E-state index in [1.165, 1.54) is 11.3 Å². The first-order valence-electron chi connectivity index (χ1n) is 6.81. The molecule has 1 N–H and O–H groups in total. The third-order valence-electron chi connectivity index (χ3n) is 3.01. The van der Waals surface area contributed by atoms with Crippen LogP contribution in [0.2, 0.25) is 0 Å². The van der Waals surface area contributed by atoms with Gasteiger partial charge in [-0.05, 0) is 49.2 Å². The van der Waals surface area contributed by atoms with Crippen LogP contribution in [0.3, 0.4) is 0 Å². The predicted molar refractivity (Wildman–Crippen MR) is 91.5 cm³/mol. The second-order valence-corrected chi connectivity index (χ2v) is 6.75. The Morgan fingerprint density at radius 1 is 1.27 bits per heavy atom. The Kier molecular flexibility index (Phi) is 5.74. The van der Waals surface area contributed by atoms with E-state index in [2.05, 4.69) is 21.2 Å². The van der Waals surface area contributed by atoms with Gasteiger partial charge in [-0.3, -0.25) is 4.79 Å². The van der Waals surface area contributed by atoms with Crippen molar-refractivity contribution in [3.63, 3.8) is 0 Å². The zero-order valence-corrected chi connectivity index (χ0v) is 14.7. The maximum Gasteiger partial charge on any atom is 0.348 e. The summed E-state index contributed by atoms with van der Waals surface area (Å²) in [6.07, 6.45) is 0.883. The first-order chi connectivity index (χ1) is 10.5. The first-order valence-corrected chi connectivity index (χ1v) is 8.42. The average Bonchev–Trinajstić information content (AvgIpc) is 2.88. The van der Waals surface area contributed by atoms with Crippen LogP contribution in [0.5, 0.6) is 0 Å². The van der Waals surface area contributed by atoms with Gasteiger partial charge in [-0.2, -0.15) is 0 Å². The van der Waals surface area contributed by atoms with Gasteiger partial charge in [-0.15, -0.1) is 11.3 Å². The highest BCUT2D eigenvalue weighted by molar-refractivity contribution is 9.10. The van der Waals surface area contributed by atoms with E-state index in [0.717, 1.165) is 21.3 Å². The highest BCUT2D eigenvalue weighted by Crippen LogP contribution is 2.23. The number of benzene rings is 1. The normalized spacial score (nSPS) is 10.3. The van der Waals surface area contributed by atoms with Crippen molar-refractivity contribution in [3.8, 4) is 0 Å². The fourth-order valence-electron chi connectivity index (χ4n) is 1.90. The second-order valence-electron chi connectivity index (χ2n) is 4.70. The summed E-state index contributed by atoms with van der Waals surface area (Å²) in [7, 11) is 0. The Labute approximate surface area is 141 Å². The van der Waals surface area contributed by atoms with E-state index in [1.807, 2.05) is 26.0 Å². The highest BCUT2D eigenvalue weighted by atomic mass is 79.9. The molecule has 0 unspecified atom stereocenters. The van der Waals surface area contributed by atoms with Crippen molar-refractivity contribution >= 4 is 44.8 Å². The molecule has 2 rings (SSSR count). The van der Waals surface area contributed by atoms with Crippen molar-refractivity contribution in [1.82, 2.24) is 0 Å². The molecule has 0 aliphatic rings. The minimum Gasteiger partial charge on any atom is -0.451 e. The van der Waals surface area contributed by atoms with Gasteiger partial charge in [0, 0.05) is 15.0 Å². The summed E-state index contributed by atoms with van der Waals surface area (Å²) in [6.45, 7) is 3.71. The number of aryl methyl sites for hydroxylation is 2. The van der Waals surface area contributed by atoms with E-state index in [-0.39, 0.29) is 12.5 Å². The van der Waals surface area contributed by atoms with Crippen LogP contribution in [-0.4, -0.2) is 18.5 Å². The summed E-state index contributed by atoms with van der Waals surface area (Å²) in [5.41, 5.74) is 1.74. The summed E-state index contributed by atoms with van der Waals surface area (Å²) in [6, 6.07) is 8.98. The molecule has 22 heavy (non-hydrogen) atoms. The van der Waals surface area contributed by atoms with Gasteiger partial charge < -0.3 is 10.1 Å². The van der Waals surface area contributed by atoms with E-state index in [4.69, 9.17) is 4.74 Å². The predicted octanol–water partition coefficient (Wildman–Crippen LogP) is 4.18. The van der Waals surface area contributed by atoms with E-state index in [9.17, 15) is 9.59 Å². The third kappa shape index (κ3) is 4.42. The monoisotopic (exact) mass is 381 g/mol. The van der Waals surface area contributed by atoms with Crippen LogP contribution in [0.15, 0.2) is 34.8 Å². The molecule has 0 atom stereocenters. The Hall–Kier alpha value is -1.66. The molecule has 116 valence electrons. The number of esters is 1. The van der Waals surface area contributed by atoms with Gasteiger partial charge in [-0.25, -0.2) is 4.79 Å². The number of halogens is 1. The van der Waals surface area contributed by atoms with E-state index in [0.29, 0.717) is 10.6 Å². The number of rotatable bonds is 5. The van der Waals surface area contributed by atoms with Gasteiger partial charge in [0.25, 0.3) is 5.91 Å². The topological polar surface area (TPSA) is 55.4 Å². The van der Waals surface area contributed by atoms with Crippen LogP contribution in [0.4, 0.5) is 5.69 Å². The van der Waals surface area contributed by atoms with Gasteiger partial charge in [0.05, 0.1) is 0 Å². The molecule has 0 aliphatic heterocycles. The molecule has 6 heteroatoms. The van der Waals surface area contributed by atoms with Gasteiger partial charge in [0.1, 0.15) is 4.88 Å². The van der Waals surface area contributed by atoms with Crippen molar-refractivity contribution in [1.29, 1.82) is 0 Å². The molecular weight excluding hydrogens is 366 g/mol. The van der Waals surface area contributed by atoms with Crippen molar-refractivity contribution in [3.05, 3.63) is 50.1 Å². The Bertz CT molecular complexity index is 679. The summed E-state index contributed by atoms with van der Waals surface area (Å²) in [5, 5.41) is 2.67. The largest absolute Gasteiger partial charge is 0.451 e. The van der Waals surface area contributed by atoms with Gasteiger partial charge >= 0.3 is 5.97 Å². The lowest BCUT2D eigenvalue weighted by Gasteiger charge is -2.06. The number of amides is 1. The zero-order chi connectivity index (χ0) is 16.1. The third-order valence-corrected chi connectivity index (χ3v) is 4.90. The molecule has 1 aromatic carbocycles. The van der Waals surface area contributed by atoms with Gasteiger partial charge in [0.15, 0.2) is 6.61 Å². The summed E-state index contributed by atoms with van der Waals surface area (Å²) >= 11 is 4.73. The number of carbonyl (C=O) groups excluding carboxylic acids is 2. The Balaban J connectivity index is 1.87. The van der Waals surface area contributed by atoms with Gasteiger partial charge in [-0.1, -0.05) is 22.9 Å². The van der Waals surface area contributed by atoms with Crippen LogP contribution >= 0.6 is 27.3 Å². The van der Waals surface area contributed by atoms with E-state index in [1.54, 1.807) is 18.2 Å². The molecule has 0 radical (unpaired) electrons. The fourth-order valence-corrected chi connectivity index (χ4v) is 3.18. The lowest BCUT2D eigenvalue weighted by molar-refractivity contribution is -0.119. The second kappa shape index (κ2) is 7.56. The molecule has 1 aromatic heterocycles. The van der Waals surface area contributed by atoms with Crippen LogP contribution in [0.1, 0.15) is 27.0 Å². The van der Waals surface area contributed by atoms with Crippen LogP contribution in [0, 0.1) is 6.92 Å². The number of hydrogen-bond acceptors (Lipinski definition) is 4. The smallest absolute Gasteiger partial charge is 0.348 e. The van der Waals surface area contributed by atoms with Crippen molar-refractivity contribution in [2.45, 2.75) is 20.3 Å². The molecule has 2 aromatic rings. The Morgan fingerprint density at radius 3 is 2.55 bits per heavy atom. The molecule has 1 heterocycles. The maximum absolute atomic E-state index is 11.9. The molecule has 0 fully saturated rings. The van der Waals surface area contributed by atoms with Crippen molar-refractivity contribution in [2.75, 3.05) is 11.9 Å². The van der Waals surface area contributed by atoms with E-state index < -0.39 is 5.97 Å². The molecule has 4 nitrogen and oxygen atoms in total. The number of anilines is 1. The lowest BCUT2D eigenvalue weighted by Crippen LogP contribution is -2.20. The van der Waals surface area contributed by atoms with E-state index >= 15 is 0 Å². The van der Waals surface area contributed by atoms with Crippen LogP contribution in [-0.2, 0) is 16.0 Å². The molecule has 0 spiro atoms. The SMILES string of the molecule is CCc1sc(C(=O)OCC(=O)Nc2ccc(Br)cc2)cc1C. The van der Waals surface area contributed by atoms with Crippen molar-refractivity contribution in [2.24, 2.45) is 0 Å². The number of hydrogen-bond donors (Lipinski definition) is 1. The molecule has 0 saturated carbocycles. The lowest BCUT2D eigenvalue weighted by atomic mass is 10.2. The summed E-state index contributed by atoms with van der Waals surface area (Å²) < 4.78 is 5.98. The Morgan fingerprint density at radius 2 is 1.95 bits per heavy atom. The molecule has 0 saturated heterocycles. The molecule has 0 aliphatic carbocycles. The maximum atomic E-state index is 11.9. The first kappa shape index (κ1) is 16.7. The highest BCUT2D eigenvalue weighted by Gasteiger charge is 2.14. The zero-order valence-electron chi connectivity index (χ0n) is 12.3. The number of thiophene rings is 1. The quantitative estimate of drug-likeness (QED) is 0.790. The number of ether oxygens (including phenoxy) is 1. The molecule has 0 bridgehead atoms.